The third-order valence-corrected chi connectivity index (χ3v) is 7.68. The Hall–Kier alpha value is -1.66. The van der Waals surface area contributed by atoms with Crippen LogP contribution in [0.3, 0.4) is 0 Å². The van der Waals surface area contributed by atoms with Crippen molar-refractivity contribution in [2.24, 2.45) is 0 Å². The monoisotopic (exact) mass is 394 g/mol. The number of hydrogen-bond donors (Lipinski definition) is 0. The van der Waals surface area contributed by atoms with Gasteiger partial charge in [-0.25, -0.2) is 16.8 Å². The first-order valence-electron chi connectivity index (χ1n) is 8.57. The van der Waals surface area contributed by atoms with Gasteiger partial charge >= 0.3 is 0 Å². The zero-order chi connectivity index (χ0) is 19.4. The summed E-state index contributed by atoms with van der Waals surface area (Å²) < 4.78 is 49.0. The third kappa shape index (κ3) is 5.95. The van der Waals surface area contributed by atoms with Crippen LogP contribution in [0.25, 0.3) is 0 Å². The fraction of sp³-hybridized carbons (Fsp3) is 0.400. The SMILES string of the molecule is CC(C)(C)c1ccc(CS(=O)(=O)CCCS(=O)(=O)c2ccccc2)cc1. The van der Waals surface area contributed by atoms with Gasteiger partial charge in [0, 0.05) is 0 Å². The lowest BCUT2D eigenvalue weighted by atomic mass is 9.87. The van der Waals surface area contributed by atoms with Crippen LogP contribution in [0.4, 0.5) is 0 Å². The van der Waals surface area contributed by atoms with E-state index in [-0.39, 0.29) is 34.0 Å². The fourth-order valence-electron chi connectivity index (χ4n) is 2.64. The average molecular weight is 395 g/mol. The molecule has 0 aliphatic heterocycles. The number of hydrogen-bond acceptors (Lipinski definition) is 4. The van der Waals surface area contributed by atoms with Crippen molar-refractivity contribution in [1.82, 2.24) is 0 Å². The van der Waals surface area contributed by atoms with Crippen LogP contribution in [-0.4, -0.2) is 28.3 Å². The highest BCUT2D eigenvalue weighted by atomic mass is 32.2. The highest BCUT2D eigenvalue weighted by Crippen LogP contribution is 2.23. The summed E-state index contributed by atoms with van der Waals surface area (Å²) in [7, 11) is -6.79. The van der Waals surface area contributed by atoms with E-state index >= 15 is 0 Å². The first kappa shape index (κ1) is 20.6. The summed E-state index contributed by atoms with van der Waals surface area (Å²) in [6, 6.07) is 15.7. The molecule has 0 heterocycles. The smallest absolute Gasteiger partial charge is 0.178 e. The van der Waals surface area contributed by atoms with Crippen molar-refractivity contribution in [2.75, 3.05) is 11.5 Å². The van der Waals surface area contributed by atoms with Gasteiger partial charge in [-0.05, 0) is 35.1 Å². The molecule has 0 N–H and O–H groups in total. The van der Waals surface area contributed by atoms with Crippen LogP contribution in [0.15, 0.2) is 59.5 Å². The molecule has 26 heavy (non-hydrogen) atoms. The second kappa shape index (κ2) is 7.92. The van der Waals surface area contributed by atoms with E-state index in [9.17, 15) is 16.8 Å². The highest BCUT2D eigenvalue weighted by Gasteiger charge is 2.18. The zero-order valence-electron chi connectivity index (χ0n) is 15.5. The first-order valence-corrected chi connectivity index (χ1v) is 12.0. The van der Waals surface area contributed by atoms with Crippen molar-refractivity contribution in [3.63, 3.8) is 0 Å². The molecule has 4 nitrogen and oxygen atoms in total. The van der Waals surface area contributed by atoms with Crippen molar-refractivity contribution in [2.45, 2.75) is 43.3 Å². The summed E-state index contributed by atoms with van der Waals surface area (Å²) >= 11 is 0. The van der Waals surface area contributed by atoms with Gasteiger partial charge in [-0.2, -0.15) is 0 Å². The van der Waals surface area contributed by atoms with E-state index in [2.05, 4.69) is 20.8 Å². The maximum Gasteiger partial charge on any atom is 0.178 e. The van der Waals surface area contributed by atoms with E-state index in [1.807, 2.05) is 24.3 Å². The molecule has 2 aromatic carbocycles. The molecule has 0 bridgehead atoms. The summed E-state index contributed by atoms with van der Waals surface area (Å²) in [6.07, 6.45) is 0.0969. The van der Waals surface area contributed by atoms with Crippen LogP contribution in [0, 0.1) is 0 Å². The Labute approximate surface area is 157 Å². The first-order chi connectivity index (χ1) is 12.0. The number of sulfone groups is 2. The highest BCUT2D eigenvalue weighted by molar-refractivity contribution is 7.92. The topological polar surface area (TPSA) is 68.3 Å². The molecule has 2 aromatic rings. The Morgan fingerprint density at radius 1 is 0.769 bits per heavy atom. The number of rotatable bonds is 7. The van der Waals surface area contributed by atoms with E-state index in [0.717, 1.165) is 11.1 Å². The molecule has 142 valence electrons. The molecule has 0 unspecified atom stereocenters. The second-order valence-electron chi connectivity index (χ2n) is 7.52. The molecule has 2 rings (SSSR count). The standard InChI is InChI=1S/C20H26O4S2/c1-20(2,3)18-12-10-17(11-13-18)16-25(21,22)14-7-15-26(23,24)19-8-5-4-6-9-19/h4-6,8-13H,7,14-16H2,1-3H3. The van der Waals surface area contributed by atoms with Gasteiger partial charge < -0.3 is 0 Å². The van der Waals surface area contributed by atoms with E-state index in [0.29, 0.717) is 0 Å². The zero-order valence-corrected chi connectivity index (χ0v) is 17.1. The Kier molecular flexibility index (Phi) is 6.29. The molecule has 0 atom stereocenters. The van der Waals surface area contributed by atoms with Gasteiger partial charge in [0.15, 0.2) is 19.7 Å². The molecular formula is C20H26O4S2. The van der Waals surface area contributed by atoms with Gasteiger partial charge in [-0.1, -0.05) is 63.2 Å². The van der Waals surface area contributed by atoms with Crippen molar-refractivity contribution >= 4 is 19.7 Å². The van der Waals surface area contributed by atoms with Crippen molar-refractivity contribution in [1.29, 1.82) is 0 Å². The minimum Gasteiger partial charge on any atom is -0.228 e. The molecule has 0 aliphatic rings. The lowest BCUT2D eigenvalue weighted by Gasteiger charge is -2.19. The Morgan fingerprint density at radius 3 is 1.88 bits per heavy atom. The summed E-state index contributed by atoms with van der Waals surface area (Å²) in [5.41, 5.74) is 1.89. The predicted octanol–water partition coefficient (Wildman–Crippen LogP) is 3.76. The molecular weight excluding hydrogens is 368 g/mol. The number of benzene rings is 2. The summed E-state index contributed by atoms with van der Waals surface area (Å²) in [4.78, 5) is 0.232. The molecule has 6 heteroatoms. The molecule has 0 aliphatic carbocycles. The normalized spacial score (nSPS) is 12.9. The fourth-order valence-corrected chi connectivity index (χ4v) is 5.59. The Bertz CT molecular complexity index is 922. The van der Waals surface area contributed by atoms with Crippen LogP contribution in [0.2, 0.25) is 0 Å². The maximum atomic E-state index is 12.3. The van der Waals surface area contributed by atoms with Crippen molar-refractivity contribution in [3.05, 3.63) is 65.7 Å². The third-order valence-electron chi connectivity index (χ3n) is 4.18. The molecule has 0 saturated carbocycles. The van der Waals surface area contributed by atoms with E-state index in [1.54, 1.807) is 18.2 Å². The van der Waals surface area contributed by atoms with Crippen molar-refractivity contribution < 1.29 is 16.8 Å². The van der Waals surface area contributed by atoms with E-state index < -0.39 is 19.7 Å². The average Bonchev–Trinajstić information content (AvgIpc) is 2.54. The summed E-state index contributed by atoms with van der Waals surface area (Å²) in [5.74, 6) is -0.373. The Morgan fingerprint density at radius 2 is 1.35 bits per heavy atom. The minimum atomic E-state index is -3.44. The van der Waals surface area contributed by atoms with Gasteiger partial charge in [0.25, 0.3) is 0 Å². The quantitative estimate of drug-likeness (QED) is 0.717. The molecule has 0 radical (unpaired) electrons. The van der Waals surface area contributed by atoms with E-state index in [4.69, 9.17) is 0 Å². The molecule has 0 amide bonds. The Balaban J connectivity index is 1.95. The van der Waals surface area contributed by atoms with Crippen LogP contribution in [0.1, 0.15) is 38.3 Å². The van der Waals surface area contributed by atoms with Crippen LogP contribution < -0.4 is 0 Å². The predicted molar refractivity (Wildman–Crippen MR) is 106 cm³/mol. The van der Waals surface area contributed by atoms with Crippen LogP contribution in [0.5, 0.6) is 0 Å². The summed E-state index contributed by atoms with van der Waals surface area (Å²) in [6.45, 7) is 6.31. The van der Waals surface area contributed by atoms with E-state index in [1.165, 1.54) is 12.1 Å². The van der Waals surface area contributed by atoms with Crippen molar-refractivity contribution in [3.8, 4) is 0 Å². The lowest BCUT2D eigenvalue weighted by Crippen LogP contribution is -2.15. The summed E-state index contributed by atoms with van der Waals surface area (Å²) in [5, 5.41) is 0. The maximum absolute atomic E-state index is 12.3. The van der Waals surface area contributed by atoms with Gasteiger partial charge in [0.05, 0.1) is 22.2 Å². The van der Waals surface area contributed by atoms with Crippen LogP contribution >= 0.6 is 0 Å². The molecule has 0 spiro atoms. The van der Waals surface area contributed by atoms with Gasteiger partial charge in [-0.15, -0.1) is 0 Å². The van der Waals surface area contributed by atoms with Gasteiger partial charge in [-0.3, -0.25) is 0 Å². The molecule has 0 fully saturated rings. The molecule has 0 saturated heterocycles. The van der Waals surface area contributed by atoms with Gasteiger partial charge in [0.1, 0.15) is 0 Å². The van der Waals surface area contributed by atoms with Crippen LogP contribution in [-0.2, 0) is 30.8 Å². The largest absolute Gasteiger partial charge is 0.228 e. The molecule has 0 aromatic heterocycles. The minimum absolute atomic E-state index is 0.0171. The second-order valence-corrected chi connectivity index (χ2v) is 11.8. The lowest BCUT2D eigenvalue weighted by molar-refractivity contribution is 0.589. The van der Waals surface area contributed by atoms with Gasteiger partial charge in [0.2, 0.25) is 0 Å².